The molecule has 0 bridgehead atoms. The average molecular weight is 548 g/mol. The van der Waals surface area contributed by atoms with Gasteiger partial charge in [0.2, 0.25) is 15.9 Å². The van der Waals surface area contributed by atoms with Crippen LogP contribution in [0.1, 0.15) is 24.0 Å². The zero-order chi connectivity index (χ0) is 26.7. The number of nitrogens with one attached hydrogen (secondary N) is 1. The van der Waals surface area contributed by atoms with Crippen LogP contribution < -0.4 is 5.32 Å². The predicted octanol–water partition coefficient (Wildman–Crippen LogP) is 5.07. The third-order valence-electron chi connectivity index (χ3n) is 6.44. The van der Waals surface area contributed by atoms with Crippen molar-refractivity contribution >= 4 is 33.4 Å². The molecule has 196 valence electrons. The summed E-state index contributed by atoms with van der Waals surface area (Å²) in [5, 5.41) is 12.3. The van der Waals surface area contributed by atoms with Crippen molar-refractivity contribution in [1.29, 1.82) is 0 Å². The molecule has 4 aromatic rings. The summed E-state index contributed by atoms with van der Waals surface area (Å²) in [6.45, 7) is 5.02. The number of aromatic nitrogens is 3. The molecule has 0 atom stereocenters. The molecule has 38 heavy (non-hydrogen) atoms. The van der Waals surface area contributed by atoms with E-state index in [1.54, 1.807) is 18.2 Å². The van der Waals surface area contributed by atoms with Crippen LogP contribution in [0.25, 0.3) is 17.1 Å². The van der Waals surface area contributed by atoms with Crippen LogP contribution in [0.3, 0.4) is 0 Å². The van der Waals surface area contributed by atoms with Crippen LogP contribution in [0.4, 0.5) is 5.69 Å². The minimum atomic E-state index is -3.58. The Bertz CT molecular complexity index is 1560. The maximum Gasteiger partial charge on any atom is 0.243 e. The molecule has 0 saturated carbocycles. The molecule has 10 heteroatoms. The van der Waals surface area contributed by atoms with Crippen LogP contribution in [0.2, 0.25) is 0 Å². The van der Waals surface area contributed by atoms with Gasteiger partial charge in [0.15, 0.2) is 11.0 Å². The van der Waals surface area contributed by atoms with E-state index in [2.05, 4.69) is 15.5 Å². The number of hydrogen-bond donors (Lipinski definition) is 1. The van der Waals surface area contributed by atoms with Gasteiger partial charge in [0.25, 0.3) is 0 Å². The van der Waals surface area contributed by atoms with Crippen molar-refractivity contribution in [3.63, 3.8) is 0 Å². The molecule has 1 N–H and O–H groups in total. The van der Waals surface area contributed by atoms with E-state index >= 15 is 0 Å². The van der Waals surface area contributed by atoms with Gasteiger partial charge in [-0.05, 0) is 68.1 Å². The summed E-state index contributed by atoms with van der Waals surface area (Å²) in [6, 6.07) is 22.4. The highest BCUT2D eigenvalue weighted by Crippen LogP contribution is 2.30. The molecule has 0 spiro atoms. The number of sulfonamides is 1. The van der Waals surface area contributed by atoms with Crippen molar-refractivity contribution in [3.8, 4) is 17.1 Å². The molecule has 3 aromatic carbocycles. The molecule has 8 nitrogen and oxygen atoms in total. The Morgan fingerprint density at radius 2 is 1.71 bits per heavy atom. The summed E-state index contributed by atoms with van der Waals surface area (Å²) in [4.78, 5) is 13.0. The lowest BCUT2D eigenvalue weighted by Gasteiger charge is -2.16. The normalized spacial score (nSPS) is 14.1. The van der Waals surface area contributed by atoms with Gasteiger partial charge >= 0.3 is 0 Å². The Labute approximate surface area is 227 Å². The fourth-order valence-corrected chi connectivity index (χ4v) is 6.74. The number of carbonyl (C=O) groups excluding carboxylic acids is 1. The molecular weight excluding hydrogens is 518 g/mol. The number of nitrogens with zero attached hydrogens (tertiary/aromatic N) is 4. The molecule has 1 aromatic heterocycles. The standard InChI is InChI=1S/C28H29N5O3S2/c1-20-13-14-21(2)25(17-20)29-26(34)19-37-28-31-30-27(33(28)23-10-4-3-5-11-23)22-9-8-12-24(18-22)38(35,36)32-15-6-7-16-32/h3-5,8-14,17-18H,6-7,15-16,19H2,1-2H3,(H,29,34). The van der Waals surface area contributed by atoms with Gasteiger partial charge < -0.3 is 5.32 Å². The number of aryl methyl sites for hydroxylation is 2. The molecule has 5 rings (SSSR count). The van der Waals surface area contributed by atoms with Gasteiger partial charge in [0, 0.05) is 30.0 Å². The first kappa shape index (κ1) is 26.1. The van der Waals surface area contributed by atoms with Crippen molar-refractivity contribution in [2.24, 2.45) is 0 Å². The van der Waals surface area contributed by atoms with Crippen molar-refractivity contribution in [2.45, 2.75) is 36.7 Å². The number of amides is 1. The monoisotopic (exact) mass is 547 g/mol. The van der Waals surface area contributed by atoms with E-state index in [4.69, 9.17) is 0 Å². The molecule has 1 aliphatic rings. The lowest BCUT2D eigenvalue weighted by molar-refractivity contribution is -0.113. The van der Waals surface area contributed by atoms with E-state index in [1.807, 2.05) is 73.0 Å². The van der Waals surface area contributed by atoms with E-state index in [1.165, 1.54) is 16.1 Å². The number of para-hydroxylation sites is 1. The quantitative estimate of drug-likeness (QED) is 0.310. The van der Waals surface area contributed by atoms with E-state index in [0.717, 1.165) is 35.3 Å². The summed E-state index contributed by atoms with van der Waals surface area (Å²) in [5.41, 5.74) is 4.30. The lowest BCUT2D eigenvalue weighted by Crippen LogP contribution is -2.27. The zero-order valence-corrected chi connectivity index (χ0v) is 22.9. The Morgan fingerprint density at radius 3 is 2.47 bits per heavy atom. The third-order valence-corrected chi connectivity index (χ3v) is 9.27. The molecule has 0 unspecified atom stereocenters. The second kappa shape index (κ2) is 11.1. The van der Waals surface area contributed by atoms with Gasteiger partial charge in [0.05, 0.1) is 10.6 Å². The summed E-state index contributed by atoms with van der Waals surface area (Å²) in [5.74, 6) is 0.500. The zero-order valence-electron chi connectivity index (χ0n) is 21.3. The summed E-state index contributed by atoms with van der Waals surface area (Å²) >= 11 is 1.28. The minimum Gasteiger partial charge on any atom is -0.325 e. The van der Waals surface area contributed by atoms with Crippen molar-refractivity contribution in [3.05, 3.63) is 83.9 Å². The molecule has 0 radical (unpaired) electrons. The number of rotatable bonds is 8. The van der Waals surface area contributed by atoms with E-state index in [-0.39, 0.29) is 16.6 Å². The minimum absolute atomic E-state index is 0.141. The predicted molar refractivity (Wildman–Crippen MR) is 150 cm³/mol. The van der Waals surface area contributed by atoms with Crippen LogP contribution in [0.15, 0.2) is 82.8 Å². The van der Waals surface area contributed by atoms with Gasteiger partial charge in [-0.2, -0.15) is 4.31 Å². The van der Waals surface area contributed by atoms with Crippen LogP contribution in [-0.4, -0.2) is 52.2 Å². The van der Waals surface area contributed by atoms with Crippen molar-refractivity contribution in [2.75, 3.05) is 24.2 Å². The Kier molecular flexibility index (Phi) is 7.64. The number of carbonyl (C=O) groups is 1. The number of thioether (sulfide) groups is 1. The number of hydrogen-bond acceptors (Lipinski definition) is 6. The molecule has 1 saturated heterocycles. The smallest absolute Gasteiger partial charge is 0.243 e. The van der Waals surface area contributed by atoms with Gasteiger partial charge in [-0.3, -0.25) is 9.36 Å². The Morgan fingerprint density at radius 1 is 0.947 bits per heavy atom. The number of benzene rings is 3. The molecule has 0 aliphatic carbocycles. The molecular formula is C28H29N5O3S2. The summed E-state index contributed by atoms with van der Waals surface area (Å²) in [7, 11) is -3.58. The van der Waals surface area contributed by atoms with Gasteiger partial charge in [-0.1, -0.05) is 54.2 Å². The second-order valence-electron chi connectivity index (χ2n) is 9.27. The fourth-order valence-electron chi connectivity index (χ4n) is 4.42. The Hall–Kier alpha value is -3.47. The molecule has 1 aliphatic heterocycles. The van der Waals surface area contributed by atoms with Gasteiger partial charge in [0.1, 0.15) is 0 Å². The van der Waals surface area contributed by atoms with Crippen LogP contribution in [-0.2, 0) is 14.8 Å². The second-order valence-corrected chi connectivity index (χ2v) is 12.2. The average Bonchev–Trinajstić information content (AvgIpc) is 3.61. The first-order valence-electron chi connectivity index (χ1n) is 12.4. The first-order valence-corrected chi connectivity index (χ1v) is 14.9. The lowest BCUT2D eigenvalue weighted by atomic mass is 10.1. The first-order chi connectivity index (χ1) is 18.3. The van der Waals surface area contributed by atoms with E-state index in [0.29, 0.717) is 29.6 Å². The van der Waals surface area contributed by atoms with Crippen LogP contribution in [0.5, 0.6) is 0 Å². The largest absolute Gasteiger partial charge is 0.325 e. The van der Waals surface area contributed by atoms with Gasteiger partial charge in [-0.25, -0.2) is 8.42 Å². The van der Waals surface area contributed by atoms with Gasteiger partial charge in [-0.15, -0.1) is 10.2 Å². The highest BCUT2D eigenvalue weighted by Gasteiger charge is 2.28. The SMILES string of the molecule is Cc1ccc(C)c(NC(=O)CSc2nnc(-c3cccc(S(=O)(=O)N4CCCC4)c3)n2-c2ccccc2)c1. The van der Waals surface area contributed by atoms with Crippen molar-refractivity contribution < 1.29 is 13.2 Å². The topological polar surface area (TPSA) is 97.2 Å². The molecule has 1 amide bonds. The Balaban J connectivity index is 1.44. The maximum absolute atomic E-state index is 13.2. The van der Waals surface area contributed by atoms with E-state index in [9.17, 15) is 13.2 Å². The highest BCUT2D eigenvalue weighted by molar-refractivity contribution is 7.99. The maximum atomic E-state index is 13.2. The summed E-state index contributed by atoms with van der Waals surface area (Å²) in [6.07, 6.45) is 1.75. The van der Waals surface area contributed by atoms with Crippen LogP contribution in [0, 0.1) is 13.8 Å². The fraction of sp³-hybridized carbons (Fsp3) is 0.250. The summed E-state index contributed by atoms with van der Waals surface area (Å²) < 4.78 is 29.8. The molecule has 2 heterocycles. The van der Waals surface area contributed by atoms with Crippen molar-refractivity contribution in [1.82, 2.24) is 19.1 Å². The number of anilines is 1. The van der Waals surface area contributed by atoms with Crippen LogP contribution >= 0.6 is 11.8 Å². The molecule has 1 fully saturated rings. The van der Waals surface area contributed by atoms with E-state index < -0.39 is 10.0 Å². The third kappa shape index (κ3) is 5.52. The highest BCUT2D eigenvalue weighted by atomic mass is 32.2.